The molecule has 2 rings (SSSR count). The number of rotatable bonds is 6. The first-order valence-electron chi connectivity index (χ1n) is 8.54. The molecule has 0 spiro atoms. The zero-order chi connectivity index (χ0) is 22.4. The normalized spacial score (nSPS) is 10.2. The number of amides is 2. The Morgan fingerprint density at radius 1 is 0.933 bits per heavy atom. The van der Waals surface area contributed by atoms with Crippen LogP contribution in [0, 0.1) is 20.2 Å². The third-order valence-electron chi connectivity index (χ3n) is 3.62. The summed E-state index contributed by atoms with van der Waals surface area (Å²) in [6.07, 6.45) is 0. The molecule has 0 saturated carbocycles. The summed E-state index contributed by atoms with van der Waals surface area (Å²) >= 11 is 5.05. The number of nitro benzene ring substituents is 2. The molecule has 0 aliphatic carbocycles. The molecule has 0 fully saturated rings. The Bertz CT molecular complexity index is 1010. The molecule has 156 valence electrons. The molecule has 0 radical (unpaired) electrons. The summed E-state index contributed by atoms with van der Waals surface area (Å²) in [5.41, 5.74) is -0.710. The van der Waals surface area contributed by atoms with Gasteiger partial charge in [0, 0.05) is 29.4 Å². The Morgan fingerprint density at radius 3 is 2.07 bits per heavy atom. The van der Waals surface area contributed by atoms with Crippen molar-refractivity contribution in [2.45, 2.75) is 19.9 Å². The lowest BCUT2D eigenvalue weighted by molar-refractivity contribution is -0.394. The number of carbonyl (C=O) groups excluding carboxylic acids is 2. The summed E-state index contributed by atoms with van der Waals surface area (Å²) in [6, 6.07) is 8.87. The first kappa shape index (κ1) is 22.4. The molecule has 3 N–H and O–H groups in total. The zero-order valence-corrected chi connectivity index (χ0v) is 16.7. The summed E-state index contributed by atoms with van der Waals surface area (Å²) in [6.45, 7) is 3.64. The van der Waals surface area contributed by atoms with Gasteiger partial charge in [-0.05, 0) is 44.3 Å². The van der Waals surface area contributed by atoms with Gasteiger partial charge >= 0.3 is 0 Å². The van der Waals surface area contributed by atoms with Gasteiger partial charge in [-0.1, -0.05) is 6.07 Å². The lowest BCUT2D eigenvalue weighted by atomic mass is 10.1. The van der Waals surface area contributed by atoms with Crippen LogP contribution in [0.4, 0.5) is 17.1 Å². The van der Waals surface area contributed by atoms with E-state index in [0.717, 1.165) is 18.2 Å². The van der Waals surface area contributed by atoms with Crippen molar-refractivity contribution in [2.24, 2.45) is 0 Å². The Hall–Kier alpha value is -3.93. The van der Waals surface area contributed by atoms with E-state index in [1.807, 2.05) is 13.8 Å². The molecular weight excluding hydrogens is 414 g/mol. The van der Waals surface area contributed by atoms with Crippen LogP contribution in [-0.2, 0) is 0 Å². The second-order valence-electron chi connectivity index (χ2n) is 6.37. The third-order valence-corrected chi connectivity index (χ3v) is 3.82. The minimum absolute atomic E-state index is 0.0477. The van der Waals surface area contributed by atoms with E-state index in [1.54, 1.807) is 18.2 Å². The van der Waals surface area contributed by atoms with E-state index in [9.17, 15) is 29.8 Å². The average molecular weight is 431 g/mol. The standard InChI is InChI=1S/C18H17N5O6S/c1-10(2)19-16(24)11-4-3-5-13(6-11)20-18(30)21-17(25)12-7-14(22(26)27)9-15(8-12)23(28)29/h3-10H,1-2H3,(H,19,24)(H2,20,21,25,30). The van der Waals surface area contributed by atoms with Crippen molar-refractivity contribution in [3.05, 3.63) is 73.8 Å². The maximum atomic E-state index is 12.3. The molecule has 0 aliphatic rings. The van der Waals surface area contributed by atoms with Crippen molar-refractivity contribution >= 4 is 46.2 Å². The van der Waals surface area contributed by atoms with E-state index >= 15 is 0 Å². The van der Waals surface area contributed by atoms with Crippen LogP contribution in [-0.4, -0.2) is 32.8 Å². The molecule has 2 amide bonds. The number of carbonyl (C=O) groups is 2. The van der Waals surface area contributed by atoms with Crippen molar-refractivity contribution in [3.8, 4) is 0 Å². The fourth-order valence-corrected chi connectivity index (χ4v) is 2.57. The van der Waals surface area contributed by atoms with Gasteiger partial charge in [0.25, 0.3) is 23.2 Å². The van der Waals surface area contributed by atoms with Gasteiger partial charge in [0.1, 0.15) is 0 Å². The second kappa shape index (κ2) is 9.52. The van der Waals surface area contributed by atoms with Crippen LogP contribution in [0.1, 0.15) is 34.6 Å². The van der Waals surface area contributed by atoms with Crippen LogP contribution in [0.15, 0.2) is 42.5 Å². The molecule has 0 heterocycles. The van der Waals surface area contributed by atoms with E-state index in [1.165, 1.54) is 6.07 Å². The molecule has 11 nitrogen and oxygen atoms in total. The van der Waals surface area contributed by atoms with Crippen molar-refractivity contribution < 1.29 is 19.4 Å². The summed E-state index contributed by atoms with van der Waals surface area (Å²) in [4.78, 5) is 44.6. The van der Waals surface area contributed by atoms with Crippen LogP contribution < -0.4 is 16.0 Å². The summed E-state index contributed by atoms with van der Waals surface area (Å²) in [7, 11) is 0. The fraction of sp³-hybridized carbons (Fsp3) is 0.167. The van der Waals surface area contributed by atoms with E-state index in [4.69, 9.17) is 12.2 Å². The first-order valence-corrected chi connectivity index (χ1v) is 8.94. The number of thiocarbonyl (C=S) groups is 1. The van der Waals surface area contributed by atoms with Gasteiger partial charge in [0.15, 0.2) is 5.11 Å². The maximum Gasteiger partial charge on any atom is 0.277 e. The molecule has 0 atom stereocenters. The van der Waals surface area contributed by atoms with Crippen molar-refractivity contribution in [1.29, 1.82) is 0 Å². The number of anilines is 1. The van der Waals surface area contributed by atoms with Gasteiger partial charge in [0.05, 0.1) is 21.5 Å². The number of hydrogen-bond acceptors (Lipinski definition) is 7. The smallest absolute Gasteiger partial charge is 0.277 e. The highest BCUT2D eigenvalue weighted by Crippen LogP contribution is 2.22. The number of benzene rings is 2. The molecule has 2 aromatic carbocycles. The maximum absolute atomic E-state index is 12.3. The van der Waals surface area contributed by atoms with Gasteiger partial charge in [-0.15, -0.1) is 0 Å². The molecule has 12 heteroatoms. The van der Waals surface area contributed by atoms with E-state index < -0.39 is 27.1 Å². The third kappa shape index (κ3) is 6.04. The summed E-state index contributed by atoms with van der Waals surface area (Å²) < 4.78 is 0. The van der Waals surface area contributed by atoms with Crippen molar-refractivity contribution in [1.82, 2.24) is 10.6 Å². The predicted octanol–water partition coefficient (Wildman–Crippen LogP) is 2.77. The van der Waals surface area contributed by atoms with E-state index in [-0.39, 0.29) is 22.6 Å². The number of nitro groups is 2. The van der Waals surface area contributed by atoms with Crippen LogP contribution in [0.2, 0.25) is 0 Å². The number of nitrogens with zero attached hydrogens (tertiary/aromatic N) is 2. The minimum Gasteiger partial charge on any atom is -0.350 e. The minimum atomic E-state index is -0.868. The second-order valence-corrected chi connectivity index (χ2v) is 6.78. The molecule has 0 aliphatic heterocycles. The Kier molecular flexibility index (Phi) is 7.09. The van der Waals surface area contributed by atoms with Crippen molar-refractivity contribution in [2.75, 3.05) is 5.32 Å². The van der Waals surface area contributed by atoms with Crippen LogP contribution >= 0.6 is 12.2 Å². The quantitative estimate of drug-likeness (QED) is 0.358. The highest BCUT2D eigenvalue weighted by atomic mass is 32.1. The lowest BCUT2D eigenvalue weighted by Gasteiger charge is -2.12. The highest BCUT2D eigenvalue weighted by Gasteiger charge is 2.20. The molecule has 0 bridgehead atoms. The fourth-order valence-electron chi connectivity index (χ4n) is 2.36. The lowest BCUT2D eigenvalue weighted by Crippen LogP contribution is -2.34. The molecule has 2 aromatic rings. The molecule has 30 heavy (non-hydrogen) atoms. The molecule has 0 aromatic heterocycles. The van der Waals surface area contributed by atoms with Crippen LogP contribution in [0.3, 0.4) is 0 Å². The van der Waals surface area contributed by atoms with E-state index in [0.29, 0.717) is 11.3 Å². The average Bonchev–Trinajstić information content (AvgIpc) is 2.67. The summed E-state index contributed by atoms with van der Waals surface area (Å²) in [5, 5.41) is 29.5. The van der Waals surface area contributed by atoms with Gasteiger partial charge in [-0.2, -0.15) is 0 Å². The van der Waals surface area contributed by atoms with Gasteiger partial charge in [-0.3, -0.25) is 35.1 Å². The van der Waals surface area contributed by atoms with Gasteiger partial charge in [-0.25, -0.2) is 0 Å². The predicted molar refractivity (Wildman–Crippen MR) is 112 cm³/mol. The first-order chi connectivity index (χ1) is 14.1. The molecular formula is C18H17N5O6S. The number of non-ortho nitro benzene ring substituents is 2. The monoisotopic (exact) mass is 431 g/mol. The Balaban J connectivity index is 2.14. The Morgan fingerprint density at radius 2 is 1.53 bits per heavy atom. The molecule has 0 saturated heterocycles. The summed E-state index contributed by atoms with van der Waals surface area (Å²) in [5.74, 6) is -1.15. The zero-order valence-electron chi connectivity index (χ0n) is 15.9. The van der Waals surface area contributed by atoms with Crippen LogP contribution in [0.5, 0.6) is 0 Å². The topological polar surface area (TPSA) is 157 Å². The molecule has 0 unspecified atom stereocenters. The number of hydrogen-bond donors (Lipinski definition) is 3. The highest BCUT2D eigenvalue weighted by molar-refractivity contribution is 7.80. The largest absolute Gasteiger partial charge is 0.350 e. The van der Waals surface area contributed by atoms with Gasteiger partial charge in [0.2, 0.25) is 0 Å². The van der Waals surface area contributed by atoms with Crippen LogP contribution in [0.25, 0.3) is 0 Å². The SMILES string of the molecule is CC(C)NC(=O)c1cccc(NC(=S)NC(=O)c2cc([N+](=O)[O-])cc([N+](=O)[O-])c2)c1. The Labute approximate surface area is 175 Å². The van der Waals surface area contributed by atoms with E-state index in [2.05, 4.69) is 16.0 Å². The number of nitrogens with one attached hydrogen (secondary N) is 3. The van der Waals surface area contributed by atoms with Gasteiger partial charge < -0.3 is 10.6 Å². The van der Waals surface area contributed by atoms with Crippen molar-refractivity contribution in [3.63, 3.8) is 0 Å².